The largest absolute Gasteiger partial charge is 0.756 e. The molecule has 0 saturated heterocycles. The Morgan fingerprint density at radius 1 is 0.459 bits per heavy atom. The fourth-order valence-electron chi connectivity index (χ4n) is 8.98. The number of hydrogen-bond donors (Lipinski definition) is 2. The molecule has 0 aromatic carbocycles. The van der Waals surface area contributed by atoms with Gasteiger partial charge < -0.3 is 19.2 Å². The van der Waals surface area contributed by atoms with Crippen molar-refractivity contribution in [2.75, 3.05) is 75.5 Å². The van der Waals surface area contributed by atoms with E-state index in [2.05, 4.69) is 105 Å². The summed E-state index contributed by atoms with van der Waals surface area (Å²) in [6, 6.07) is 0. The van der Waals surface area contributed by atoms with Crippen LogP contribution in [0.2, 0.25) is 0 Å². The van der Waals surface area contributed by atoms with Crippen LogP contribution in [0.1, 0.15) is 244 Å². The first-order chi connectivity index (χ1) is 28.8. The van der Waals surface area contributed by atoms with Gasteiger partial charge in [-0.3, -0.25) is 4.57 Å². The standard InChI is InChI=1S/C18H39O2P.C16H36IP.C16H36N.H3O4P/c1-6-10-14-21(15-11-7-2,16-12-8-3,17-13-9-4)20-18(5)19;1-5-9-13-18(17,14-10-6-2,15-11-7-3)16-12-8-4;1-5-9-13-17(14-10-6-2,15-11-7-3)16-12-8-4;1-5(2,3)4/h6-17H2,1-5H3;5-16H2,1-4H3;5-16H2,1-4H3;(H3,1,2,3,4)/q;;+1;/p-1. The summed E-state index contributed by atoms with van der Waals surface area (Å²) in [5, 5.41) is 0. The topological polar surface area (TPSA) is 107 Å². The van der Waals surface area contributed by atoms with Crippen molar-refractivity contribution < 1.29 is 33.0 Å². The SMILES string of the molecule is CCCCP(CCCC)(CCCC)(CCCC)OC(C)=O.CCCCP(I)(CCCC)(CCCC)CCCC.CCCC[N+](CCCC)(CCCC)CCCC.O=P([O-])(O)O. The summed E-state index contributed by atoms with van der Waals surface area (Å²) in [6.07, 6.45) is 43.1. The molecule has 0 aromatic rings. The number of carbonyl (C=O) groups excluding carboxylic acids is 1. The minimum atomic E-state index is -4.89. The third kappa shape index (κ3) is 37.9. The molecule has 0 aliphatic rings. The van der Waals surface area contributed by atoms with Crippen LogP contribution in [0.5, 0.6) is 0 Å². The second kappa shape index (κ2) is 41.3. The van der Waals surface area contributed by atoms with Gasteiger partial charge in [0, 0.05) is 0 Å². The zero-order valence-electron chi connectivity index (χ0n) is 43.7. The molecule has 7 nitrogen and oxygen atoms in total. The molecule has 0 spiro atoms. The Kier molecular flexibility index (Phi) is 46.6. The minimum Gasteiger partial charge on any atom is -0.756 e. The van der Waals surface area contributed by atoms with Gasteiger partial charge in [-0.25, -0.2) is 0 Å². The van der Waals surface area contributed by atoms with E-state index in [1.807, 2.05) is 0 Å². The molecular formula is C50H113INO6P3. The van der Waals surface area contributed by atoms with Crippen molar-refractivity contribution in [1.82, 2.24) is 0 Å². The Bertz CT molecular complexity index is 897. The number of hydrogen-bond acceptors (Lipinski definition) is 4. The van der Waals surface area contributed by atoms with Crippen LogP contribution in [0.3, 0.4) is 0 Å². The summed E-state index contributed by atoms with van der Waals surface area (Å²) < 4.78 is 15.1. The van der Waals surface area contributed by atoms with Gasteiger partial charge in [-0.2, -0.15) is 0 Å². The van der Waals surface area contributed by atoms with Gasteiger partial charge in [-0.15, -0.1) is 0 Å². The van der Waals surface area contributed by atoms with E-state index in [1.165, 1.54) is 209 Å². The van der Waals surface area contributed by atoms with Crippen molar-refractivity contribution in [3.63, 3.8) is 0 Å². The molecule has 0 saturated carbocycles. The van der Waals surface area contributed by atoms with Gasteiger partial charge in [0.1, 0.15) is 0 Å². The maximum atomic E-state index is 11.9. The van der Waals surface area contributed by atoms with E-state index in [0.29, 0.717) is 0 Å². The second-order valence-corrected chi connectivity index (χ2v) is 39.3. The summed E-state index contributed by atoms with van der Waals surface area (Å²) in [7, 11) is -4.89. The molecule has 0 aliphatic carbocycles. The fraction of sp³-hybridized carbons (Fsp3) is 0.980. The second-order valence-electron chi connectivity index (χ2n) is 19.0. The van der Waals surface area contributed by atoms with Crippen molar-refractivity contribution in [1.29, 1.82) is 0 Å². The molecule has 0 bridgehead atoms. The number of rotatable bonds is 37. The summed E-state index contributed by atoms with van der Waals surface area (Å²) in [6.45, 7) is 32.7. The van der Waals surface area contributed by atoms with Gasteiger partial charge in [0.2, 0.25) is 0 Å². The minimum absolute atomic E-state index is 0.0351. The number of quaternary nitrogens is 1. The molecule has 0 amide bonds. The van der Waals surface area contributed by atoms with Crippen LogP contribution in [-0.4, -0.2) is 95.7 Å². The molecule has 0 atom stereocenters. The van der Waals surface area contributed by atoms with E-state index in [1.54, 1.807) is 31.6 Å². The maximum Gasteiger partial charge on any atom is 0.262 e. The van der Waals surface area contributed by atoms with Gasteiger partial charge in [0.05, 0.1) is 26.2 Å². The Labute approximate surface area is 397 Å². The first-order valence-electron chi connectivity index (χ1n) is 26.3. The van der Waals surface area contributed by atoms with E-state index < -0.39 is 18.9 Å². The maximum absolute atomic E-state index is 11.9. The van der Waals surface area contributed by atoms with E-state index >= 15 is 0 Å². The van der Waals surface area contributed by atoms with E-state index in [-0.39, 0.29) is 5.97 Å². The predicted octanol–water partition coefficient (Wildman–Crippen LogP) is 16.8. The number of carbonyl (C=O) groups is 1. The molecular weight excluding hydrogens is 930 g/mol. The average Bonchev–Trinajstić information content (AvgIpc) is 3.23. The first-order valence-corrected chi connectivity index (χ1v) is 36.5. The molecule has 11 heteroatoms. The number of unbranched alkanes of at least 4 members (excludes halogenated alkanes) is 12. The zero-order chi connectivity index (χ0) is 47.6. The van der Waals surface area contributed by atoms with Crippen molar-refractivity contribution >= 4 is 46.9 Å². The van der Waals surface area contributed by atoms with Crippen LogP contribution in [0.4, 0.5) is 0 Å². The van der Waals surface area contributed by atoms with Crippen LogP contribution in [0.25, 0.3) is 0 Å². The molecule has 0 unspecified atom stereocenters. The van der Waals surface area contributed by atoms with Crippen LogP contribution in [0, 0.1) is 0 Å². The Morgan fingerprint density at radius 3 is 0.803 bits per heavy atom. The van der Waals surface area contributed by atoms with Crippen molar-refractivity contribution in [2.24, 2.45) is 0 Å². The smallest absolute Gasteiger partial charge is 0.262 e. The van der Waals surface area contributed by atoms with Crippen molar-refractivity contribution in [3.8, 4) is 0 Å². The molecule has 0 aliphatic heterocycles. The van der Waals surface area contributed by atoms with Crippen molar-refractivity contribution in [2.45, 2.75) is 244 Å². The Morgan fingerprint density at radius 2 is 0.639 bits per heavy atom. The molecule has 61 heavy (non-hydrogen) atoms. The third-order valence-corrected chi connectivity index (χ3v) is 31.0. The van der Waals surface area contributed by atoms with Gasteiger partial charge in [-0.05, 0) is 25.7 Å². The van der Waals surface area contributed by atoms with Crippen LogP contribution < -0.4 is 4.89 Å². The monoisotopic (exact) mass is 1040 g/mol. The van der Waals surface area contributed by atoms with Gasteiger partial charge in [0.15, 0.2) is 0 Å². The number of nitrogens with zero attached hydrogens (tertiary/aromatic N) is 1. The molecule has 376 valence electrons. The summed E-state index contributed by atoms with van der Waals surface area (Å²) in [4.78, 5) is 34.9. The number of phosphoric acid groups is 1. The number of halogens is 1. The molecule has 0 aromatic heterocycles. The van der Waals surface area contributed by atoms with E-state index in [0.717, 1.165) is 0 Å². The predicted molar refractivity (Wildman–Crippen MR) is 289 cm³/mol. The molecule has 0 heterocycles. The fourth-order valence-corrected chi connectivity index (χ4v) is 25.7. The molecule has 0 fully saturated rings. The third-order valence-electron chi connectivity index (χ3n) is 12.9. The van der Waals surface area contributed by atoms with Gasteiger partial charge in [-0.1, -0.05) is 53.4 Å². The van der Waals surface area contributed by atoms with Crippen LogP contribution >= 0.6 is 40.9 Å². The summed E-state index contributed by atoms with van der Waals surface area (Å²) >= 11 is 3.03. The van der Waals surface area contributed by atoms with Crippen LogP contribution in [0.15, 0.2) is 0 Å². The summed E-state index contributed by atoms with van der Waals surface area (Å²) in [5.74, 6) is -0.0351. The normalized spacial score (nSPS) is 13.3. The van der Waals surface area contributed by atoms with Crippen LogP contribution in [-0.2, 0) is 13.9 Å². The van der Waals surface area contributed by atoms with E-state index in [4.69, 9.17) is 23.8 Å². The quantitative estimate of drug-likeness (QED) is 0.0365. The molecule has 0 rings (SSSR count). The van der Waals surface area contributed by atoms with Crippen molar-refractivity contribution in [3.05, 3.63) is 0 Å². The zero-order valence-corrected chi connectivity index (χ0v) is 48.5. The molecule has 0 radical (unpaired) electrons. The average molecular weight is 1040 g/mol. The molecule has 2 N–H and O–H groups in total. The first kappa shape index (κ1) is 68.7. The van der Waals surface area contributed by atoms with Gasteiger partial charge >= 0.3 is 263 Å². The van der Waals surface area contributed by atoms with E-state index in [9.17, 15) is 4.79 Å². The Balaban J connectivity index is -0.000000379. The summed E-state index contributed by atoms with van der Waals surface area (Å²) in [5.41, 5.74) is 0. The van der Waals surface area contributed by atoms with Gasteiger partial charge in [0.25, 0.3) is 7.82 Å². The Hall–Kier alpha value is 1.13.